The van der Waals surface area contributed by atoms with Gasteiger partial charge in [-0.05, 0) is 0 Å². The largest absolute Gasteiger partial charge is 0.480 e. The van der Waals surface area contributed by atoms with Gasteiger partial charge in [0.2, 0.25) is 5.82 Å². The number of carboxylic acids is 1. The summed E-state index contributed by atoms with van der Waals surface area (Å²) in [5.41, 5.74) is 0. The van der Waals surface area contributed by atoms with Crippen molar-refractivity contribution >= 4 is 11.9 Å². The number of carbonyl (C=O) groups excluding carboxylic acids is 1. The third-order valence-corrected chi connectivity index (χ3v) is 1.03. The Bertz CT molecular complexity index is 281. The summed E-state index contributed by atoms with van der Waals surface area (Å²) in [6, 6.07) is 0. The highest BCUT2D eigenvalue weighted by Crippen LogP contribution is 1.83. The van der Waals surface area contributed by atoms with Crippen molar-refractivity contribution in [1.29, 1.82) is 0 Å². The molecule has 0 unspecified atom stereocenters. The van der Waals surface area contributed by atoms with Crippen LogP contribution in [0.2, 0.25) is 0 Å². The molecule has 0 aliphatic rings. The summed E-state index contributed by atoms with van der Waals surface area (Å²) in [4.78, 5) is 24.4. The number of hydrogen-bond acceptors (Lipinski definition) is 4. The van der Waals surface area contributed by atoms with Gasteiger partial charge in [0.25, 0.3) is 5.91 Å². The lowest BCUT2D eigenvalue weighted by molar-refractivity contribution is -0.135. The van der Waals surface area contributed by atoms with Crippen molar-refractivity contribution < 1.29 is 14.7 Å². The molecule has 0 radical (unpaired) electrons. The summed E-state index contributed by atoms with van der Waals surface area (Å²) in [5.74, 6) is -1.70. The Hall–Kier alpha value is -1.92. The topological polar surface area (TPSA) is 108 Å². The monoisotopic (exact) mass is 170 g/mol. The second kappa shape index (κ2) is 3.46. The molecule has 64 valence electrons. The number of carbonyl (C=O) groups is 2. The molecular formula is C5H6N4O3. The van der Waals surface area contributed by atoms with Crippen LogP contribution in [0.1, 0.15) is 10.6 Å². The second-order valence-corrected chi connectivity index (χ2v) is 1.91. The quantitative estimate of drug-likeness (QED) is 0.518. The normalized spacial score (nSPS) is 9.33. The van der Waals surface area contributed by atoms with Crippen LogP contribution in [0, 0.1) is 0 Å². The van der Waals surface area contributed by atoms with Crippen LogP contribution in [0.25, 0.3) is 0 Å². The highest BCUT2D eigenvalue weighted by Gasteiger charge is 2.08. The first kappa shape index (κ1) is 8.18. The highest BCUT2D eigenvalue weighted by atomic mass is 16.4. The third-order valence-electron chi connectivity index (χ3n) is 1.03. The molecule has 0 spiro atoms. The summed E-state index contributed by atoms with van der Waals surface area (Å²) in [6.07, 6.45) is 1.16. The number of hydrogen-bond donors (Lipinski definition) is 3. The molecule has 1 aromatic heterocycles. The van der Waals surface area contributed by atoms with Crippen molar-refractivity contribution in [2.24, 2.45) is 0 Å². The van der Waals surface area contributed by atoms with Gasteiger partial charge in [-0.15, -0.1) is 0 Å². The number of aromatic nitrogens is 3. The van der Waals surface area contributed by atoms with Gasteiger partial charge in [-0.3, -0.25) is 14.7 Å². The number of aliphatic carboxylic acids is 1. The zero-order chi connectivity index (χ0) is 8.97. The van der Waals surface area contributed by atoms with Gasteiger partial charge in [0.15, 0.2) is 0 Å². The molecule has 0 saturated heterocycles. The Labute approximate surface area is 66.8 Å². The molecule has 12 heavy (non-hydrogen) atoms. The zero-order valence-electron chi connectivity index (χ0n) is 5.94. The van der Waals surface area contributed by atoms with E-state index in [1.165, 1.54) is 0 Å². The summed E-state index contributed by atoms with van der Waals surface area (Å²) in [7, 11) is 0. The Balaban J connectivity index is 2.45. The van der Waals surface area contributed by atoms with E-state index in [1.807, 2.05) is 0 Å². The van der Waals surface area contributed by atoms with Gasteiger partial charge >= 0.3 is 5.97 Å². The molecule has 7 heteroatoms. The fraction of sp³-hybridized carbons (Fsp3) is 0.200. The lowest BCUT2D eigenvalue weighted by Gasteiger charge is -1.96. The SMILES string of the molecule is O=C(O)CNC(=O)c1ncn[nH]1. The first-order valence-corrected chi connectivity index (χ1v) is 3.05. The molecule has 0 aliphatic heterocycles. The van der Waals surface area contributed by atoms with Crippen molar-refractivity contribution in [2.45, 2.75) is 0 Å². The lowest BCUT2D eigenvalue weighted by Crippen LogP contribution is -2.29. The minimum Gasteiger partial charge on any atom is -0.480 e. The minimum absolute atomic E-state index is 0.00347. The number of rotatable bonds is 3. The summed E-state index contributed by atoms with van der Waals surface area (Å²) in [6.45, 7) is -0.431. The minimum atomic E-state index is -1.11. The van der Waals surface area contributed by atoms with E-state index in [0.717, 1.165) is 6.33 Å². The van der Waals surface area contributed by atoms with Gasteiger partial charge < -0.3 is 10.4 Å². The molecule has 0 aromatic carbocycles. The standard InChI is InChI=1S/C5H6N4O3/c10-3(11)1-6-5(12)4-7-2-8-9-4/h2H,1H2,(H,6,12)(H,10,11)(H,7,8,9). The van der Waals surface area contributed by atoms with E-state index in [0.29, 0.717) is 0 Å². The maximum Gasteiger partial charge on any atom is 0.322 e. The molecule has 3 N–H and O–H groups in total. The van der Waals surface area contributed by atoms with Crippen LogP contribution in [0.4, 0.5) is 0 Å². The van der Waals surface area contributed by atoms with E-state index in [4.69, 9.17) is 5.11 Å². The molecule has 0 bridgehead atoms. The highest BCUT2D eigenvalue weighted by molar-refractivity contribution is 5.92. The Morgan fingerprint density at radius 3 is 2.92 bits per heavy atom. The number of H-pyrrole nitrogens is 1. The van der Waals surface area contributed by atoms with Crippen molar-refractivity contribution in [3.8, 4) is 0 Å². The first-order valence-electron chi connectivity index (χ1n) is 3.05. The summed E-state index contributed by atoms with van der Waals surface area (Å²) < 4.78 is 0. The van der Waals surface area contributed by atoms with E-state index >= 15 is 0 Å². The van der Waals surface area contributed by atoms with E-state index in [2.05, 4.69) is 20.5 Å². The van der Waals surface area contributed by atoms with Crippen molar-refractivity contribution in [3.63, 3.8) is 0 Å². The molecule has 0 saturated carbocycles. The van der Waals surface area contributed by atoms with E-state index in [-0.39, 0.29) is 5.82 Å². The Morgan fingerprint density at radius 1 is 1.67 bits per heavy atom. The van der Waals surface area contributed by atoms with Crippen LogP contribution in [0.15, 0.2) is 6.33 Å². The van der Waals surface area contributed by atoms with Crippen molar-refractivity contribution in [1.82, 2.24) is 20.5 Å². The predicted molar refractivity (Wildman–Crippen MR) is 36.4 cm³/mol. The molecule has 1 amide bonds. The van der Waals surface area contributed by atoms with E-state index < -0.39 is 18.4 Å². The van der Waals surface area contributed by atoms with E-state index in [1.54, 1.807) is 0 Å². The number of aromatic amines is 1. The molecule has 7 nitrogen and oxygen atoms in total. The van der Waals surface area contributed by atoms with Gasteiger partial charge in [0.1, 0.15) is 12.9 Å². The summed E-state index contributed by atoms with van der Waals surface area (Å²) in [5, 5.41) is 16.0. The van der Waals surface area contributed by atoms with Gasteiger partial charge in [-0.25, -0.2) is 4.98 Å². The first-order chi connectivity index (χ1) is 5.70. The number of carboxylic acid groups (broad SMARTS) is 1. The average Bonchev–Trinajstić information content (AvgIpc) is 2.51. The van der Waals surface area contributed by atoms with Crippen molar-refractivity contribution in [2.75, 3.05) is 6.54 Å². The maximum atomic E-state index is 10.9. The Kier molecular flexibility index (Phi) is 2.36. The van der Waals surface area contributed by atoms with E-state index in [9.17, 15) is 9.59 Å². The molecule has 1 heterocycles. The maximum absolute atomic E-state index is 10.9. The fourth-order valence-corrected chi connectivity index (χ4v) is 0.554. The third kappa shape index (κ3) is 2.04. The van der Waals surface area contributed by atoms with Crippen LogP contribution in [0.5, 0.6) is 0 Å². The van der Waals surface area contributed by atoms with Crippen LogP contribution in [0.3, 0.4) is 0 Å². The lowest BCUT2D eigenvalue weighted by atomic mass is 10.5. The van der Waals surface area contributed by atoms with Gasteiger partial charge in [-0.2, -0.15) is 5.10 Å². The number of nitrogens with zero attached hydrogens (tertiary/aromatic N) is 2. The van der Waals surface area contributed by atoms with Crippen LogP contribution < -0.4 is 5.32 Å². The second-order valence-electron chi connectivity index (χ2n) is 1.91. The average molecular weight is 170 g/mol. The van der Waals surface area contributed by atoms with Crippen LogP contribution in [-0.2, 0) is 4.79 Å². The Morgan fingerprint density at radius 2 is 2.42 bits per heavy atom. The van der Waals surface area contributed by atoms with Crippen molar-refractivity contribution in [3.05, 3.63) is 12.2 Å². The van der Waals surface area contributed by atoms with Gasteiger partial charge in [-0.1, -0.05) is 0 Å². The summed E-state index contributed by atoms with van der Waals surface area (Å²) >= 11 is 0. The van der Waals surface area contributed by atoms with Crippen LogP contribution >= 0.6 is 0 Å². The van der Waals surface area contributed by atoms with Gasteiger partial charge in [0, 0.05) is 0 Å². The van der Waals surface area contributed by atoms with Gasteiger partial charge in [0.05, 0.1) is 0 Å². The molecular weight excluding hydrogens is 164 g/mol. The molecule has 0 fully saturated rings. The molecule has 0 atom stereocenters. The smallest absolute Gasteiger partial charge is 0.322 e. The molecule has 1 rings (SSSR count). The molecule has 0 aliphatic carbocycles. The fourth-order valence-electron chi connectivity index (χ4n) is 0.554. The zero-order valence-corrected chi connectivity index (χ0v) is 5.94. The molecule has 1 aromatic rings. The number of nitrogens with one attached hydrogen (secondary N) is 2. The predicted octanol–water partition coefficient (Wildman–Crippen LogP) is -1.38. The number of amides is 1. The van der Waals surface area contributed by atoms with Crippen LogP contribution in [-0.4, -0.2) is 38.7 Å².